The number of rotatable bonds is 2. The molecule has 0 saturated carbocycles. The molecule has 0 saturated heterocycles. The Kier molecular flexibility index (Phi) is 3.19. The molecule has 1 radical (unpaired) electrons. The summed E-state index contributed by atoms with van der Waals surface area (Å²) in [7, 11) is 0. The smallest absolute Gasteiger partial charge is 0.166 e. The van der Waals surface area contributed by atoms with Gasteiger partial charge in [-0.1, -0.05) is 19.9 Å². The van der Waals surface area contributed by atoms with Gasteiger partial charge >= 0.3 is 6.18 Å². The van der Waals surface area contributed by atoms with E-state index in [2.05, 4.69) is 6.07 Å². The lowest BCUT2D eigenvalue weighted by molar-refractivity contribution is -0.138. The number of alkyl halides is 3. The molecule has 0 aliphatic rings. The van der Waals surface area contributed by atoms with Crippen molar-refractivity contribution in [2.45, 2.75) is 32.9 Å². The topological polar surface area (TPSA) is 0 Å². The molecule has 3 heteroatoms. The van der Waals surface area contributed by atoms with Gasteiger partial charge in [-0.05, 0) is 36.1 Å². The molecular formula is C11H12F3. The molecule has 0 bridgehead atoms. The maximum Gasteiger partial charge on any atom is 0.416 e. The van der Waals surface area contributed by atoms with Gasteiger partial charge in [0.1, 0.15) is 0 Å². The predicted octanol–water partition coefficient (Wildman–Crippen LogP) is 3.63. The number of aryl methyl sites for hydroxylation is 2. The monoisotopic (exact) mass is 201 g/mol. The Morgan fingerprint density at radius 2 is 1.79 bits per heavy atom. The molecule has 1 aromatic rings. The summed E-state index contributed by atoms with van der Waals surface area (Å²) in [5.41, 5.74) is 0.531. The van der Waals surface area contributed by atoms with Crippen molar-refractivity contribution in [2.75, 3.05) is 0 Å². The van der Waals surface area contributed by atoms with E-state index in [-0.39, 0.29) is 5.56 Å². The third-order valence-electron chi connectivity index (χ3n) is 2.13. The van der Waals surface area contributed by atoms with Crippen molar-refractivity contribution in [1.82, 2.24) is 0 Å². The summed E-state index contributed by atoms with van der Waals surface area (Å²) < 4.78 is 37.4. The van der Waals surface area contributed by atoms with Crippen LogP contribution < -0.4 is 0 Å². The molecule has 0 N–H and O–H groups in total. The molecule has 0 heterocycles. The van der Waals surface area contributed by atoms with Crippen molar-refractivity contribution >= 4 is 0 Å². The number of hydrogen-bond donors (Lipinski definition) is 0. The summed E-state index contributed by atoms with van der Waals surface area (Å²) in [5.74, 6) is 0. The minimum atomic E-state index is -4.26. The highest BCUT2D eigenvalue weighted by Crippen LogP contribution is 2.32. The molecule has 1 rings (SSSR count). The standard InChI is InChI=1S/C11H12F3/c1-3-8-5-6-10(11(12,13)14)9(4-2)7-8/h5-6H,3-4H2,1-2H3. The third kappa shape index (κ3) is 2.28. The van der Waals surface area contributed by atoms with Crippen molar-refractivity contribution in [2.24, 2.45) is 0 Å². The highest BCUT2D eigenvalue weighted by molar-refractivity contribution is 5.32. The Hall–Kier alpha value is -0.990. The van der Waals surface area contributed by atoms with Crippen LogP contribution in [-0.2, 0) is 19.0 Å². The summed E-state index contributed by atoms with van der Waals surface area (Å²) in [5, 5.41) is 0. The molecule has 14 heavy (non-hydrogen) atoms. The minimum Gasteiger partial charge on any atom is -0.166 e. The lowest BCUT2D eigenvalue weighted by Gasteiger charge is -2.12. The Morgan fingerprint density at radius 1 is 1.14 bits per heavy atom. The van der Waals surface area contributed by atoms with Crippen LogP contribution in [0.2, 0.25) is 0 Å². The van der Waals surface area contributed by atoms with Crippen molar-refractivity contribution in [3.05, 3.63) is 34.9 Å². The molecular weight excluding hydrogens is 189 g/mol. The van der Waals surface area contributed by atoms with E-state index in [4.69, 9.17) is 0 Å². The first-order valence-electron chi connectivity index (χ1n) is 4.60. The lowest BCUT2D eigenvalue weighted by Crippen LogP contribution is -2.09. The van der Waals surface area contributed by atoms with Crippen LogP contribution in [0, 0.1) is 6.07 Å². The normalized spacial score (nSPS) is 11.8. The van der Waals surface area contributed by atoms with Crippen LogP contribution in [-0.4, -0.2) is 0 Å². The maximum atomic E-state index is 12.5. The first-order chi connectivity index (χ1) is 6.49. The van der Waals surface area contributed by atoms with E-state index in [0.717, 1.165) is 11.6 Å². The summed E-state index contributed by atoms with van der Waals surface area (Å²) in [6, 6.07) is 5.43. The second kappa shape index (κ2) is 4.03. The fourth-order valence-corrected chi connectivity index (χ4v) is 1.34. The first-order valence-corrected chi connectivity index (χ1v) is 4.60. The van der Waals surface area contributed by atoms with Crippen molar-refractivity contribution < 1.29 is 13.2 Å². The van der Waals surface area contributed by atoms with Crippen LogP contribution in [0.15, 0.2) is 12.1 Å². The largest absolute Gasteiger partial charge is 0.416 e. The third-order valence-corrected chi connectivity index (χ3v) is 2.13. The fraction of sp³-hybridized carbons (Fsp3) is 0.455. The zero-order chi connectivity index (χ0) is 10.8. The van der Waals surface area contributed by atoms with Gasteiger partial charge in [0.2, 0.25) is 0 Å². The fourth-order valence-electron chi connectivity index (χ4n) is 1.34. The zero-order valence-electron chi connectivity index (χ0n) is 8.20. The van der Waals surface area contributed by atoms with Crippen molar-refractivity contribution in [3.8, 4) is 0 Å². The molecule has 0 spiro atoms. The van der Waals surface area contributed by atoms with Gasteiger partial charge in [-0.2, -0.15) is 13.2 Å². The van der Waals surface area contributed by atoms with Gasteiger partial charge in [0.15, 0.2) is 0 Å². The molecule has 0 aromatic heterocycles. The van der Waals surface area contributed by atoms with Crippen molar-refractivity contribution in [3.63, 3.8) is 0 Å². The summed E-state index contributed by atoms with van der Waals surface area (Å²) in [4.78, 5) is 0. The SMILES string of the molecule is CCc1[c]c(CC)c(C(F)(F)F)cc1. The molecule has 0 nitrogen and oxygen atoms in total. The number of benzene rings is 1. The minimum absolute atomic E-state index is 0.261. The Labute approximate surface area is 81.8 Å². The van der Waals surface area contributed by atoms with E-state index in [9.17, 15) is 13.2 Å². The van der Waals surface area contributed by atoms with Gasteiger partial charge in [-0.15, -0.1) is 0 Å². The van der Waals surface area contributed by atoms with Gasteiger partial charge < -0.3 is 0 Å². The molecule has 0 fully saturated rings. The molecule has 77 valence electrons. The van der Waals surface area contributed by atoms with E-state index < -0.39 is 11.7 Å². The molecule has 0 amide bonds. The highest BCUT2D eigenvalue weighted by atomic mass is 19.4. The van der Waals surface area contributed by atoms with Crippen LogP contribution in [0.25, 0.3) is 0 Å². The van der Waals surface area contributed by atoms with E-state index in [1.54, 1.807) is 6.92 Å². The maximum absolute atomic E-state index is 12.5. The second-order valence-electron chi connectivity index (χ2n) is 3.08. The quantitative estimate of drug-likeness (QED) is 0.685. The van der Waals surface area contributed by atoms with Gasteiger partial charge in [-0.25, -0.2) is 0 Å². The first kappa shape index (κ1) is 11.1. The van der Waals surface area contributed by atoms with Crippen LogP contribution >= 0.6 is 0 Å². The lowest BCUT2D eigenvalue weighted by atomic mass is 10.0. The molecule has 1 aromatic carbocycles. The van der Waals surface area contributed by atoms with Crippen LogP contribution in [0.5, 0.6) is 0 Å². The van der Waals surface area contributed by atoms with Gasteiger partial charge in [-0.3, -0.25) is 0 Å². The average Bonchev–Trinajstić information content (AvgIpc) is 2.15. The van der Waals surface area contributed by atoms with Crippen LogP contribution in [0.1, 0.15) is 30.5 Å². The second-order valence-corrected chi connectivity index (χ2v) is 3.08. The average molecular weight is 201 g/mol. The molecule has 0 unspecified atom stereocenters. The summed E-state index contributed by atoms with van der Waals surface area (Å²) >= 11 is 0. The van der Waals surface area contributed by atoms with Crippen LogP contribution in [0.4, 0.5) is 13.2 Å². The predicted molar refractivity (Wildman–Crippen MR) is 49.0 cm³/mol. The summed E-state index contributed by atoms with van der Waals surface area (Å²) in [6.07, 6.45) is -3.18. The van der Waals surface area contributed by atoms with E-state index in [1.807, 2.05) is 6.92 Å². The van der Waals surface area contributed by atoms with Gasteiger partial charge in [0, 0.05) is 0 Å². The van der Waals surface area contributed by atoms with Crippen LogP contribution in [0.3, 0.4) is 0 Å². The van der Waals surface area contributed by atoms with E-state index >= 15 is 0 Å². The highest BCUT2D eigenvalue weighted by Gasteiger charge is 2.32. The Balaban J connectivity index is 3.18. The summed E-state index contributed by atoms with van der Waals surface area (Å²) in [6.45, 7) is 3.61. The molecule has 0 aliphatic heterocycles. The van der Waals surface area contributed by atoms with Crippen molar-refractivity contribution in [1.29, 1.82) is 0 Å². The molecule has 0 aliphatic carbocycles. The van der Waals surface area contributed by atoms with Gasteiger partial charge in [0.25, 0.3) is 0 Å². The van der Waals surface area contributed by atoms with E-state index in [0.29, 0.717) is 12.8 Å². The number of halogens is 3. The Bertz CT molecular complexity index is 313. The molecule has 0 atom stereocenters. The van der Waals surface area contributed by atoms with E-state index in [1.165, 1.54) is 6.07 Å². The van der Waals surface area contributed by atoms with Gasteiger partial charge in [0.05, 0.1) is 5.56 Å². The zero-order valence-corrected chi connectivity index (χ0v) is 8.20. The number of hydrogen-bond acceptors (Lipinski definition) is 0. The Morgan fingerprint density at radius 3 is 2.21 bits per heavy atom.